The van der Waals surface area contributed by atoms with Gasteiger partial charge in [-0.15, -0.1) is 0 Å². The van der Waals surface area contributed by atoms with Gasteiger partial charge in [-0.2, -0.15) is 0 Å². The molecule has 2 aromatic heterocycles. The summed E-state index contributed by atoms with van der Waals surface area (Å²) in [5.74, 6) is -0.661. The Morgan fingerprint density at radius 3 is 2.50 bits per heavy atom. The number of para-hydroxylation sites is 1. The van der Waals surface area contributed by atoms with Gasteiger partial charge in [0.25, 0.3) is 11.8 Å². The Bertz CT molecular complexity index is 935. The molecule has 132 valence electrons. The van der Waals surface area contributed by atoms with Crippen molar-refractivity contribution in [2.45, 2.75) is 19.8 Å². The number of amides is 2. The van der Waals surface area contributed by atoms with E-state index < -0.39 is 0 Å². The van der Waals surface area contributed by atoms with E-state index in [4.69, 9.17) is 0 Å². The molecule has 0 saturated heterocycles. The number of rotatable bonds is 6. The first kappa shape index (κ1) is 17.5. The average Bonchev–Trinajstić information content (AvgIpc) is 2.68. The van der Waals surface area contributed by atoms with Crippen LogP contribution in [-0.4, -0.2) is 28.3 Å². The fourth-order valence-corrected chi connectivity index (χ4v) is 2.55. The molecule has 0 aliphatic carbocycles. The molecule has 6 heteroatoms. The van der Waals surface area contributed by atoms with Crippen molar-refractivity contribution in [1.29, 1.82) is 0 Å². The van der Waals surface area contributed by atoms with Gasteiger partial charge in [-0.1, -0.05) is 37.6 Å². The maximum absolute atomic E-state index is 12.6. The Morgan fingerprint density at radius 1 is 0.962 bits per heavy atom. The molecule has 0 radical (unpaired) electrons. The maximum Gasteiger partial charge on any atom is 0.274 e. The van der Waals surface area contributed by atoms with Crippen molar-refractivity contribution in [1.82, 2.24) is 15.3 Å². The molecule has 2 N–H and O–H groups in total. The van der Waals surface area contributed by atoms with Crippen LogP contribution in [0.4, 0.5) is 5.69 Å². The number of unbranched alkanes of at least 4 members (excludes halogenated alkanes) is 1. The molecule has 0 aliphatic rings. The number of pyridine rings is 2. The van der Waals surface area contributed by atoms with Crippen molar-refractivity contribution in [3.8, 4) is 0 Å². The summed E-state index contributed by atoms with van der Waals surface area (Å²) in [5, 5.41) is 6.55. The van der Waals surface area contributed by atoms with E-state index in [1.54, 1.807) is 30.5 Å². The minimum Gasteiger partial charge on any atom is -0.351 e. The first-order chi connectivity index (χ1) is 12.7. The monoisotopic (exact) mass is 348 g/mol. The Labute approximate surface area is 151 Å². The van der Waals surface area contributed by atoms with Crippen molar-refractivity contribution in [2.24, 2.45) is 0 Å². The highest BCUT2D eigenvalue weighted by atomic mass is 16.2. The summed E-state index contributed by atoms with van der Waals surface area (Å²) < 4.78 is 0. The summed E-state index contributed by atoms with van der Waals surface area (Å²) in [7, 11) is 0. The molecule has 0 atom stereocenters. The fourth-order valence-electron chi connectivity index (χ4n) is 2.55. The summed E-state index contributed by atoms with van der Waals surface area (Å²) in [6.07, 6.45) is 3.58. The predicted molar refractivity (Wildman–Crippen MR) is 101 cm³/mol. The molecule has 0 bridgehead atoms. The summed E-state index contributed by atoms with van der Waals surface area (Å²) in [6.45, 7) is 2.65. The Balaban J connectivity index is 1.77. The number of carbonyl (C=O) groups is 2. The summed E-state index contributed by atoms with van der Waals surface area (Å²) in [5.41, 5.74) is 1.72. The number of benzene rings is 1. The SMILES string of the molecule is CCCCNC(=O)c1cccc(C(=O)Nc2cccc3cccnc23)n1. The van der Waals surface area contributed by atoms with Gasteiger partial charge >= 0.3 is 0 Å². The highest BCUT2D eigenvalue weighted by molar-refractivity contribution is 6.07. The van der Waals surface area contributed by atoms with Crippen LogP contribution < -0.4 is 10.6 Å². The van der Waals surface area contributed by atoms with Gasteiger partial charge in [-0.3, -0.25) is 14.6 Å². The number of aromatic nitrogens is 2. The highest BCUT2D eigenvalue weighted by Gasteiger charge is 2.13. The first-order valence-electron chi connectivity index (χ1n) is 8.59. The van der Waals surface area contributed by atoms with Gasteiger partial charge in [-0.25, -0.2) is 4.98 Å². The molecular weight excluding hydrogens is 328 g/mol. The number of hydrogen-bond acceptors (Lipinski definition) is 4. The molecule has 0 spiro atoms. The van der Waals surface area contributed by atoms with E-state index in [0.717, 1.165) is 18.2 Å². The molecule has 0 saturated carbocycles. The smallest absolute Gasteiger partial charge is 0.274 e. The van der Waals surface area contributed by atoms with Crippen LogP contribution in [0.1, 0.15) is 40.7 Å². The van der Waals surface area contributed by atoms with Crippen molar-refractivity contribution < 1.29 is 9.59 Å². The van der Waals surface area contributed by atoms with Gasteiger partial charge < -0.3 is 10.6 Å². The standard InChI is InChI=1S/C20H20N4O2/c1-2-3-12-22-19(25)16-10-5-11-17(23-16)20(26)24-15-9-4-7-14-8-6-13-21-18(14)15/h4-11,13H,2-3,12H2,1H3,(H,22,25)(H,24,26). The van der Waals surface area contributed by atoms with Crippen LogP contribution >= 0.6 is 0 Å². The molecule has 1 aromatic carbocycles. The lowest BCUT2D eigenvalue weighted by Gasteiger charge is -2.09. The van der Waals surface area contributed by atoms with E-state index in [1.165, 1.54) is 0 Å². The molecular formula is C20H20N4O2. The van der Waals surface area contributed by atoms with Crippen molar-refractivity contribution >= 4 is 28.4 Å². The van der Waals surface area contributed by atoms with Crippen molar-refractivity contribution in [3.63, 3.8) is 0 Å². The lowest BCUT2D eigenvalue weighted by molar-refractivity contribution is 0.0948. The van der Waals surface area contributed by atoms with E-state index >= 15 is 0 Å². The minimum atomic E-state index is -0.383. The third-order valence-electron chi connectivity index (χ3n) is 3.91. The Hall–Kier alpha value is -3.28. The maximum atomic E-state index is 12.6. The van der Waals surface area contributed by atoms with Gasteiger partial charge in [0, 0.05) is 18.1 Å². The molecule has 0 aliphatic heterocycles. The van der Waals surface area contributed by atoms with Gasteiger partial charge in [0.2, 0.25) is 0 Å². The van der Waals surface area contributed by atoms with Gasteiger partial charge in [0.1, 0.15) is 11.4 Å². The number of hydrogen-bond donors (Lipinski definition) is 2. The first-order valence-corrected chi connectivity index (χ1v) is 8.59. The van der Waals surface area contributed by atoms with Gasteiger partial charge in [0.05, 0.1) is 11.2 Å². The van der Waals surface area contributed by atoms with E-state index in [0.29, 0.717) is 17.7 Å². The zero-order valence-electron chi connectivity index (χ0n) is 14.5. The molecule has 6 nitrogen and oxygen atoms in total. The van der Waals surface area contributed by atoms with Crippen LogP contribution in [0.15, 0.2) is 54.7 Å². The molecule has 3 rings (SSSR count). The van der Waals surface area contributed by atoms with Crippen molar-refractivity contribution in [3.05, 3.63) is 66.1 Å². The summed E-state index contributed by atoms with van der Waals surface area (Å²) >= 11 is 0. The largest absolute Gasteiger partial charge is 0.351 e. The van der Waals surface area contributed by atoms with E-state index in [2.05, 4.69) is 27.5 Å². The van der Waals surface area contributed by atoms with E-state index in [-0.39, 0.29) is 23.2 Å². The van der Waals surface area contributed by atoms with Crippen LogP contribution in [0.25, 0.3) is 10.9 Å². The lowest BCUT2D eigenvalue weighted by Crippen LogP contribution is -2.26. The zero-order valence-corrected chi connectivity index (χ0v) is 14.5. The number of nitrogens with one attached hydrogen (secondary N) is 2. The lowest BCUT2D eigenvalue weighted by atomic mass is 10.2. The number of fused-ring (bicyclic) bond motifs is 1. The second-order valence-electron chi connectivity index (χ2n) is 5.85. The van der Waals surface area contributed by atoms with E-state index in [1.807, 2.05) is 24.3 Å². The van der Waals surface area contributed by atoms with Gasteiger partial charge in [0.15, 0.2) is 0 Å². The molecule has 3 aromatic rings. The van der Waals surface area contributed by atoms with E-state index in [9.17, 15) is 9.59 Å². The van der Waals surface area contributed by atoms with Crippen molar-refractivity contribution in [2.75, 3.05) is 11.9 Å². The average molecular weight is 348 g/mol. The Kier molecular flexibility index (Phi) is 5.53. The molecule has 2 amide bonds. The second kappa shape index (κ2) is 8.20. The number of carbonyl (C=O) groups excluding carboxylic acids is 2. The third-order valence-corrected chi connectivity index (χ3v) is 3.91. The molecule has 0 unspecified atom stereocenters. The zero-order chi connectivity index (χ0) is 18.4. The number of anilines is 1. The summed E-state index contributed by atoms with van der Waals surface area (Å²) in [4.78, 5) is 33.2. The van der Waals surface area contributed by atoms with Crippen LogP contribution in [0.3, 0.4) is 0 Å². The summed E-state index contributed by atoms with van der Waals surface area (Å²) in [6, 6.07) is 14.2. The second-order valence-corrected chi connectivity index (χ2v) is 5.85. The van der Waals surface area contributed by atoms with Crippen LogP contribution in [0.2, 0.25) is 0 Å². The van der Waals surface area contributed by atoms with Gasteiger partial charge in [-0.05, 0) is 30.7 Å². The topological polar surface area (TPSA) is 84.0 Å². The minimum absolute atomic E-state index is 0.182. The van der Waals surface area contributed by atoms with Crippen LogP contribution in [-0.2, 0) is 0 Å². The third kappa shape index (κ3) is 4.03. The predicted octanol–water partition coefficient (Wildman–Crippen LogP) is 3.41. The van der Waals surface area contributed by atoms with Crippen LogP contribution in [0, 0.1) is 0 Å². The highest BCUT2D eigenvalue weighted by Crippen LogP contribution is 2.21. The molecule has 26 heavy (non-hydrogen) atoms. The fraction of sp³-hybridized carbons (Fsp3) is 0.200. The molecule has 0 fully saturated rings. The molecule has 2 heterocycles. The number of nitrogens with zero attached hydrogens (tertiary/aromatic N) is 2. The quantitative estimate of drug-likeness (QED) is 0.669. The van der Waals surface area contributed by atoms with Crippen LogP contribution in [0.5, 0.6) is 0 Å². The Morgan fingerprint density at radius 2 is 1.69 bits per heavy atom. The normalized spacial score (nSPS) is 10.5.